The van der Waals surface area contributed by atoms with Gasteiger partial charge in [0.15, 0.2) is 0 Å². The summed E-state index contributed by atoms with van der Waals surface area (Å²) in [6.45, 7) is 3.79. The van der Waals surface area contributed by atoms with Crippen LogP contribution in [0.5, 0.6) is 0 Å². The number of hydrogen-bond donors (Lipinski definition) is 0. The molecule has 0 saturated carbocycles. The number of amides is 1. The van der Waals surface area contributed by atoms with Crippen LogP contribution >= 0.6 is 0 Å². The van der Waals surface area contributed by atoms with E-state index in [9.17, 15) is 4.79 Å². The van der Waals surface area contributed by atoms with Gasteiger partial charge in [0.1, 0.15) is 0 Å². The summed E-state index contributed by atoms with van der Waals surface area (Å²) in [5.41, 5.74) is 0.882. The Hall–Kier alpha value is -1.39. The lowest BCUT2D eigenvalue weighted by Crippen LogP contribution is -2.52. The minimum Gasteiger partial charge on any atom is -0.342 e. The van der Waals surface area contributed by atoms with Crippen molar-refractivity contribution in [2.24, 2.45) is 0 Å². The average molecular weight is 344 g/mol. The number of hydrogen-bond acceptors (Lipinski definition) is 3. The fraction of sp³-hybridized carbons (Fsp3) is 0.667. The molecule has 1 amide bonds. The summed E-state index contributed by atoms with van der Waals surface area (Å²) in [5.74, 6) is 0.367. The van der Waals surface area contributed by atoms with Crippen LogP contribution in [0.15, 0.2) is 30.3 Å². The highest BCUT2D eigenvalue weighted by Crippen LogP contribution is 2.37. The summed E-state index contributed by atoms with van der Waals surface area (Å²) in [4.78, 5) is 20.5. The maximum absolute atomic E-state index is 13.7. The number of carbonyl (C=O) groups is 1. The molecule has 3 rings (SSSR count). The summed E-state index contributed by atoms with van der Waals surface area (Å²) in [7, 11) is 6.47. The Bertz CT molecular complexity index is 564. The maximum atomic E-state index is 13.7. The quantitative estimate of drug-likeness (QED) is 0.844. The van der Waals surface area contributed by atoms with E-state index < -0.39 is 0 Å². The molecule has 25 heavy (non-hydrogen) atoms. The summed E-state index contributed by atoms with van der Waals surface area (Å²) in [6.07, 6.45) is 5.25. The molecule has 2 heterocycles. The van der Waals surface area contributed by atoms with Crippen LogP contribution in [0.4, 0.5) is 0 Å². The Balaban J connectivity index is 1.83. The van der Waals surface area contributed by atoms with Gasteiger partial charge >= 0.3 is 0 Å². The summed E-state index contributed by atoms with van der Waals surface area (Å²) in [5, 5.41) is 0. The van der Waals surface area contributed by atoms with Crippen LogP contribution in [0.1, 0.15) is 37.7 Å². The normalized spacial score (nSPS) is 25.0. The molecular weight excluding hydrogens is 310 g/mol. The molecule has 0 N–H and O–H groups in total. The first-order valence-corrected chi connectivity index (χ1v) is 9.73. The molecule has 0 aliphatic carbocycles. The van der Waals surface area contributed by atoms with E-state index in [1.165, 1.54) is 12.0 Å². The monoisotopic (exact) mass is 343 g/mol. The highest BCUT2D eigenvalue weighted by atomic mass is 16.2. The zero-order chi connectivity index (χ0) is 17.9. The SMILES string of the molecule is CN1CCC(C(=O)N2CCC[C@H](N(C)C)CC2)(c2ccccc2)CC1. The molecule has 2 aliphatic rings. The van der Waals surface area contributed by atoms with Gasteiger partial charge in [-0.2, -0.15) is 0 Å². The molecule has 0 aromatic heterocycles. The van der Waals surface area contributed by atoms with Crippen molar-refractivity contribution in [1.82, 2.24) is 14.7 Å². The lowest BCUT2D eigenvalue weighted by atomic mass is 9.71. The minimum atomic E-state index is -0.328. The molecule has 2 aliphatic heterocycles. The predicted molar refractivity (Wildman–Crippen MR) is 103 cm³/mol. The van der Waals surface area contributed by atoms with E-state index in [0.717, 1.165) is 51.9 Å². The largest absolute Gasteiger partial charge is 0.342 e. The molecule has 4 heteroatoms. The molecule has 138 valence electrons. The second-order valence-corrected chi connectivity index (χ2v) is 8.09. The number of rotatable bonds is 3. The number of piperidine rings is 1. The van der Waals surface area contributed by atoms with Gasteiger partial charge in [-0.15, -0.1) is 0 Å². The van der Waals surface area contributed by atoms with Crippen molar-refractivity contribution in [2.45, 2.75) is 43.6 Å². The van der Waals surface area contributed by atoms with Crippen LogP contribution in [0.2, 0.25) is 0 Å². The lowest BCUT2D eigenvalue weighted by molar-refractivity contribution is -0.139. The van der Waals surface area contributed by atoms with E-state index in [4.69, 9.17) is 0 Å². The van der Waals surface area contributed by atoms with Gasteiger partial charge in [0.05, 0.1) is 5.41 Å². The van der Waals surface area contributed by atoms with Crippen LogP contribution in [0, 0.1) is 0 Å². The Kier molecular flexibility index (Phi) is 5.80. The van der Waals surface area contributed by atoms with Gasteiger partial charge in [0, 0.05) is 19.1 Å². The van der Waals surface area contributed by atoms with Crippen LogP contribution in [0.3, 0.4) is 0 Å². The van der Waals surface area contributed by atoms with Crippen LogP contribution in [0.25, 0.3) is 0 Å². The van der Waals surface area contributed by atoms with Crippen LogP contribution in [-0.2, 0) is 10.2 Å². The zero-order valence-electron chi connectivity index (χ0n) is 16.1. The molecule has 2 saturated heterocycles. The van der Waals surface area contributed by atoms with Gasteiger partial charge in [-0.05, 0) is 71.9 Å². The van der Waals surface area contributed by atoms with E-state index in [1.54, 1.807) is 0 Å². The Labute approximate surface area is 152 Å². The fourth-order valence-corrected chi connectivity index (χ4v) is 4.48. The number of benzene rings is 1. The van der Waals surface area contributed by atoms with Crippen molar-refractivity contribution < 1.29 is 4.79 Å². The smallest absolute Gasteiger partial charge is 0.233 e. The Morgan fingerprint density at radius 2 is 1.72 bits per heavy atom. The van der Waals surface area contributed by atoms with E-state index in [2.05, 4.69) is 60.1 Å². The van der Waals surface area contributed by atoms with Crippen molar-refractivity contribution in [3.63, 3.8) is 0 Å². The summed E-state index contributed by atoms with van der Waals surface area (Å²) < 4.78 is 0. The van der Waals surface area contributed by atoms with Crippen LogP contribution < -0.4 is 0 Å². The molecule has 1 aromatic carbocycles. The fourth-order valence-electron chi connectivity index (χ4n) is 4.48. The maximum Gasteiger partial charge on any atom is 0.233 e. The second kappa shape index (κ2) is 7.88. The molecule has 0 unspecified atom stereocenters. The van der Waals surface area contributed by atoms with E-state index in [0.29, 0.717) is 11.9 Å². The van der Waals surface area contributed by atoms with Crippen molar-refractivity contribution in [3.05, 3.63) is 35.9 Å². The molecule has 1 aromatic rings. The van der Waals surface area contributed by atoms with Crippen molar-refractivity contribution in [1.29, 1.82) is 0 Å². The van der Waals surface area contributed by atoms with Gasteiger partial charge in [-0.25, -0.2) is 0 Å². The van der Waals surface area contributed by atoms with E-state index in [-0.39, 0.29) is 5.41 Å². The van der Waals surface area contributed by atoms with Crippen LogP contribution in [-0.4, -0.2) is 74.0 Å². The van der Waals surface area contributed by atoms with Gasteiger partial charge in [0.2, 0.25) is 5.91 Å². The Morgan fingerprint density at radius 3 is 2.36 bits per heavy atom. The standard InChI is InChI=1S/C21H33N3O/c1-22(2)19-10-7-14-24(15-11-19)20(25)21(12-16-23(3)17-13-21)18-8-5-4-6-9-18/h4-6,8-9,19H,7,10-17H2,1-3H3/t19-/m0/s1. The first-order chi connectivity index (χ1) is 12.0. The number of likely N-dealkylation sites (tertiary alicyclic amines) is 2. The predicted octanol–water partition coefficient (Wildman–Crippen LogP) is 2.59. The number of carbonyl (C=O) groups excluding carboxylic acids is 1. The molecular formula is C21H33N3O. The van der Waals surface area contributed by atoms with Gasteiger partial charge < -0.3 is 14.7 Å². The summed E-state index contributed by atoms with van der Waals surface area (Å²) >= 11 is 0. The van der Waals surface area contributed by atoms with E-state index in [1.807, 2.05) is 6.07 Å². The van der Waals surface area contributed by atoms with E-state index >= 15 is 0 Å². The Morgan fingerprint density at radius 1 is 1.04 bits per heavy atom. The second-order valence-electron chi connectivity index (χ2n) is 8.09. The molecule has 0 spiro atoms. The highest BCUT2D eigenvalue weighted by molar-refractivity contribution is 5.88. The van der Waals surface area contributed by atoms with Crippen molar-refractivity contribution in [3.8, 4) is 0 Å². The molecule has 0 radical (unpaired) electrons. The minimum absolute atomic E-state index is 0.328. The topological polar surface area (TPSA) is 26.8 Å². The van der Waals surface area contributed by atoms with Gasteiger partial charge in [-0.3, -0.25) is 4.79 Å². The highest BCUT2D eigenvalue weighted by Gasteiger charge is 2.44. The molecule has 1 atom stereocenters. The first-order valence-electron chi connectivity index (χ1n) is 9.73. The third-order valence-electron chi connectivity index (χ3n) is 6.29. The van der Waals surface area contributed by atoms with Gasteiger partial charge in [-0.1, -0.05) is 30.3 Å². The number of nitrogens with zero attached hydrogens (tertiary/aromatic N) is 3. The van der Waals surface area contributed by atoms with Crippen molar-refractivity contribution in [2.75, 3.05) is 47.3 Å². The third kappa shape index (κ3) is 3.90. The lowest BCUT2D eigenvalue weighted by Gasteiger charge is -2.42. The first kappa shape index (κ1) is 18.4. The molecule has 0 bridgehead atoms. The zero-order valence-corrected chi connectivity index (χ0v) is 16.1. The molecule has 4 nitrogen and oxygen atoms in total. The third-order valence-corrected chi connectivity index (χ3v) is 6.29. The van der Waals surface area contributed by atoms with Gasteiger partial charge in [0.25, 0.3) is 0 Å². The molecule has 2 fully saturated rings. The van der Waals surface area contributed by atoms with Crippen molar-refractivity contribution >= 4 is 5.91 Å². The summed E-state index contributed by atoms with van der Waals surface area (Å²) in [6, 6.07) is 11.1. The average Bonchev–Trinajstić information content (AvgIpc) is 2.89.